The summed E-state index contributed by atoms with van der Waals surface area (Å²) in [5.41, 5.74) is 1.11. The van der Waals surface area contributed by atoms with Crippen LogP contribution < -0.4 is 0 Å². The Morgan fingerprint density at radius 1 is 1.38 bits per heavy atom. The number of fused-ring (bicyclic) bond motifs is 1. The molecule has 2 aliphatic carbocycles. The second kappa shape index (κ2) is 4.18. The van der Waals surface area contributed by atoms with Crippen LogP contribution in [0.4, 0.5) is 0 Å². The second-order valence-corrected chi connectivity index (χ2v) is 6.54. The van der Waals surface area contributed by atoms with E-state index >= 15 is 0 Å². The number of hydrogen-bond donors (Lipinski definition) is 1. The van der Waals surface area contributed by atoms with E-state index in [1.54, 1.807) is 0 Å². The number of hydrogen-bond acceptors (Lipinski definition) is 1. The first kappa shape index (κ1) is 12.2. The molecule has 0 unspecified atom stereocenters. The molecule has 0 aliphatic heterocycles. The Hall–Kier alpha value is -0.300. The first-order valence-electron chi connectivity index (χ1n) is 6.81. The predicted octanol–water partition coefficient (Wildman–Crippen LogP) is 3.78. The van der Waals surface area contributed by atoms with Gasteiger partial charge in [-0.05, 0) is 63.2 Å². The summed E-state index contributed by atoms with van der Waals surface area (Å²) >= 11 is 0. The minimum Gasteiger partial charge on any atom is -0.390 e. The Kier molecular flexibility index (Phi) is 3.18. The Bertz CT molecular complexity index is 288. The van der Waals surface area contributed by atoms with Gasteiger partial charge >= 0.3 is 0 Å². The average Bonchev–Trinajstić information content (AvgIpc) is 2.16. The zero-order valence-electron chi connectivity index (χ0n) is 11.2. The maximum Gasteiger partial charge on any atom is 0.0653 e. The van der Waals surface area contributed by atoms with Crippen LogP contribution in [0.2, 0.25) is 0 Å². The third kappa shape index (κ3) is 2.07. The molecule has 16 heavy (non-hydrogen) atoms. The highest BCUT2D eigenvalue weighted by atomic mass is 16.3. The molecular formula is C15H26O. The van der Waals surface area contributed by atoms with E-state index in [1.165, 1.54) is 24.8 Å². The summed E-state index contributed by atoms with van der Waals surface area (Å²) < 4.78 is 0. The normalized spacial score (nSPS) is 44.1. The standard InChI is InChI=1S/C15H26O/c1-10(2)12-7-8-15(4,16)14-6-5-11(3)9-13(12)14/h9-10,12-14,16H,5-8H2,1-4H3/t12-,13+,14-,15-/m1/s1. The van der Waals surface area contributed by atoms with Gasteiger partial charge in [0.15, 0.2) is 0 Å². The highest BCUT2D eigenvalue weighted by molar-refractivity contribution is 5.13. The molecule has 0 aromatic heterocycles. The van der Waals surface area contributed by atoms with Crippen LogP contribution in [0, 0.1) is 23.7 Å². The molecule has 1 nitrogen and oxygen atoms in total. The number of rotatable bonds is 1. The average molecular weight is 222 g/mol. The molecule has 0 bridgehead atoms. The van der Waals surface area contributed by atoms with Crippen molar-refractivity contribution in [2.75, 3.05) is 0 Å². The molecule has 92 valence electrons. The van der Waals surface area contributed by atoms with Gasteiger partial charge in [0.25, 0.3) is 0 Å². The van der Waals surface area contributed by atoms with Crippen molar-refractivity contribution in [2.45, 2.75) is 59.0 Å². The lowest BCUT2D eigenvalue weighted by atomic mass is 9.58. The molecule has 2 rings (SSSR count). The van der Waals surface area contributed by atoms with E-state index in [0.717, 1.165) is 18.3 Å². The fourth-order valence-electron chi connectivity index (χ4n) is 3.87. The van der Waals surface area contributed by atoms with Crippen LogP contribution in [0.15, 0.2) is 11.6 Å². The molecule has 0 amide bonds. The molecule has 1 heteroatoms. The molecule has 1 saturated carbocycles. The Labute approximate surface area is 99.9 Å². The summed E-state index contributed by atoms with van der Waals surface area (Å²) in [6.45, 7) is 8.96. The highest BCUT2D eigenvalue weighted by Gasteiger charge is 2.46. The van der Waals surface area contributed by atoms with Crippen molar-refractivity contribution in [3.8, 4) is 0 Å². The summed E-state index contributed by atoms with van der Waals surface area (Å²) in [5.74, 6) is 2.64. The Morgan fingerprint density at radius 2 is 2.06 bits per heavy atom. The Morgan fingerprint density at radius 3 is 2.69 bits per heavy atom. The molecule has 1 N–H and O–H groups in total. The molecule has 0 saturated heterocycles. The lowest BCUT2D eigenvalue weighted by molar-refractivity contribution is -0.0807. The first-order valence-corrected chi connectivity index (χ1v) is 6.81. The lowest BCUT2D eigenvalue weighted by Crippen LogP contribution is -2.48. The topological polar surface area (TPSA) is 20.2 Å². The van der Waals surface area contributed by atoms with Gasteiger partial charge in [0.05, 0.1) is 5.60 Å². The van der Waals surface area contributed by atoms with E-state index in [-0.39, 0.29) is 0 Å². The summed E-state index contributed by atoms with van der Waals surface area (Å²) in [4.78, 5) is 0. The summed E-state index contributed by atoms with van der Waals surface area (Å²) in [6.07, 6.45) is 7.01. The van der Waals surface area contributed by atoms with E-state index in [4.69, 9.17) is 0 Å². The van der Waals surface area contributed by atoms with Crippen molar-refractivity contribution in [1.82, 2.24) is 0 Å². The number of allylic oxidation sites excluding steroid dienone is 2. The molecule has 1 fully saturated rings. The molecule has 2 aliphatic rings. The molecule has 0 heterocycles. The molecule has 0 aromatic rings. The van der Waals surface area contributed by atoms with E-state index in [9.17, 15) is 5.11 Å². The third-order valence-corrected chi connectivity index (χ3v) is 4.92. The van der Waals surface area contributed by atoms with Gasteiger partial charge in [-0.1, -0.05) is 25.5 Å². The zero-order chi connectivity index (χ0) is 11.9. The molecular weight excluding hydrogens is 196 g/mol. The van der Waals surface area contributed by atoms with Gasteiger partial charge in [0.1, 0.15) is 0 Å². The van der Waals surface area contributed by atoms with Gasteiger partial charge in [-0.25, -0.2) is 0 Å². The molecule has 0 spiro atoms. The second-order valence-electron chi connectivity index (χ2n) is 6.54. The summed E-state index contributed by atoms with van der Waals surface area (Å²) in [5, 5.41) is 10.5. The van der Waals surface area contributed by atoms with Gasteiger partial charge in [-0.3, -0.25) is 0 Å². The maximum absolute atomic E-state index is 10.5. The van der Waals surface area contributed by atoms with Crippen LogP contribution >= 0.6 is 0 Å². The zero-order valence-corrected chi connectivity index (χ0v) is 11.2. The van der Waals surface area contributed by atoms with Crippen LogP contribution in [0.5, 0.6) is 0 Å². The van der Waals surface area contributed by atoms with Crippen molar-refractivity contribution < 1.29 is 5.11 Å². The van der Waals surface area contributed by atoms with Crippen molar-refractivity contribution in [1.29, 1.82) is 0 Å². The minimum atomic E-state index is -0.423. The van der Waals surface area contributed by atoms with E-state index in [2.05, 4.69) is 33.8 Å². The molecule has 0 aromatic carbocycles. The van der Waals surface area contributed by atoms with Crippen LogP contribution in [0.25, 0.3) is 0 Å². The maximum atomic E-state index is 10.5. The van der Waals surface area contributed by atoms with Crippen LogP contribution in [-0.4, -0.2) is 10.7 Å². The smallest absolute Gasteiger partial charge is 0.0653 e. The summed E-state index contributed by atoms with van der Waals surface area (Å²) in [7, 11) is 0. The van der Waals surface area contributed by atoms with E-state index in [1.807, 2.05) is 0 Å². The Balaban J connectivity index is 2.27. The van der Waals surface area contributed by atoms with Gasteiger partial charge in [0, 0.05) is 0 Å². The van der Waals surface area contributed by atoms with Crippen molar-refractivity contribution >= 4 is 0 Å². The first-order chi connectivity index (χ1) is 7.42. The van der Waals surface area contributed by atoms with Crippen LogP contribution in [0.3, 0.4) is 0 Å². The predicted molar refractivity (Wildman–Crippen MR) is 68.2 cm³/mol. The van der Waals surface area contributed by atoms with Crippen molar-refractivity contribution in [3.63, 3.8) is 0 Å². The van der Waals surface area contributed by atoms with Gasteiger partial charge in [-0.15, -0.1) is 0 Å². The van der Waals surface area contributed by atoms with Crippen molar-refractivity contribution in [3.05, 3.63) is 11.6 Å². The van der Waals surface area contributed by atoms with Crippen LogP contribution in [-0.2, 0) is 0 Å². The largest absolute Gasteiger partial charge is 0.390 e. The van der Waals surface area contributed by atoms with Crippen LogP contribution in [0.1, 0.15) is 53.4 Å². The minimum absolute atomic E-state index is 0.423. The fourth-order valence-corrected chi connectivity index (χ4v) is 3.87. The van der Waals surface area contributed by atoms with Gasteiger partial charge in [0.2, 0.25) is 0 Å². The molecule has 0 radical (unpaired) electrons. The van der Waals surface area contributed by atoms with E-state index in [0.29, 0.717) is 11.8 Å². The number of aliphatic hydroxyl groups is 1. The van der Waals surface area contributed by atoms with E-state index < -0.39 is 5.60 Å². The van der Waals surface area contributed by atoms with Gasteiger partial charge < -0.3 is 5.11 Å². The third-order valence-electron chi connectivity index (χ3n) is 4.92. The highest BCUT2D eigenvalue weighted by Crippen LogP contribution is 2.49. The summed E-state index contributed by atoms with van der Waals surface area (Å²) in [6, 6.07) is 0. The monoisotopic (exact) mass is 222 g/mol. The lowest BCUT2D eigenvalue weighted by Gasteiger charge is -2.49. The SMILES string of the molecule is CC1=C[C@H]2[C@@H](C(C)C)CC[C@@](C)(O)[C@@H]2CC1. The quantitative estimate of drug-likeness (QED) is 0.669. The van der Waals surface area contributed by atoms with Gasteiger partial charge in [-0.2, -0.15) is 0 Å². The molecule has 4 atom stereocenters. The fraction of sp³-hybridized carbons (Fsp3) is 0.867. The van der Waals surface area contributed by atoms with Crippen molar-refractivity contribution in [2.24, 2.45) is 23.7 Å².